The number of nitrogens with two attached hydrogens (primary N) is 1. The van der Waals surface area contributed by atoms with Gasteiger partial charge in [-0.25, -0.2) is 0 Å². The average molecular weight is 292 g/mol. The molecule has 0 aromatic heterocycles. The number of nitrogens with zero attached hydrogens (tertiary/aromatic N) is 1. The van der Waals surface area contributed by atoms with Crippen molar-refractivity contribution in [3.05, 3.63) is 59.2 Å². The second-order valence-corrected chi connectivity index (χ2v) is 5.17. The van der Waals surface area contributed by atoms with Gasteiger partial charge in [0.05, 0.1) is 5.56 Å². The Bertz CT molecular complexity index is 665. The summed E-state index contributed by atoms with van der Waals surface area (Å²) in [6.45, 7) is 0.971. The first-order valence-corrected chi connectivity index (χ1v) is 6.74. The third kappa shape index (κ3) is 2.55. The molecule has 21 heavy (non-hydrogen) atoms. The lowest BCUT2D eigenvalue weighted by Crippen LogP contribution is -2.32. The van der Waals surface area contributed by atoms with Crippen LogP contribution in [0.1, 0.15) is 16.7 Å². The average Bonchev–Trinajstić information content (AvgIpc) is 2.46. The number of fused-ring (bicyclic) bond motifs is 1. The zero-order valence-electron chi connectivity index (χ0n) is 11.3. The molecule has 1 heterocycles. The molecule has 0 bridgehead atoms. The van der Waals surface area contributed by atoms with E-state index in [1.54, 1.807) is 17.0 Å². The van der Waals surface area contributed by atoms with Gasteiger partial charge < -0.3 is 10.6 Å². The second kappa shape index (κ2) is 4.98. The molecule has 5 heteroatoms. The summed E-state index contributed by atoms with van der Waals surface area (Å²) < 4.78 is 39.4. The molecule has 0 radical (unpaired) electrons. The number of alkyl halides is 3. The number of para-hydroxylation sites is 1. The summed E-state index contributed by atoms with van der Waals surface area (Å²) >= 11 is 0. The zero-order chi connectivity index (χ0) is 15.0. The van der Waals surface area contributed by atoms with Crippen LogP contribution in [0.25, 0.3) is 0 Å². The van der Waals surface area contributed by atoms with Crippen molar-refractivity contribution in [3.8, 4) is 0 Å². The van der Waals surface area contributed by atoms with Gasteiger partial charge in [-0.2, -0.15) is 13.2 Å². The van der Waals surface area contributed by atoms with Crippen molar-refractivity contribution >= 4 is 11.4 Å². The third-order valence-electron chi connectivity index (χ3n) is 3.86. The van der Waals surface area contributed by atoms with Crippen LogP contribution >= 0.6 is 0 Å². The van der Waals surface area contributed by atoms with Crippen LogP contribution in [0.3, 0.4) is 0 Å². The quantitative estimate of drug-likeness (QED) is 0.809. The standard InChI is InChI=1S/C16H15F3N2/c17-16(18,19)13-5-1-2-7-15(13)21-9-8-11-4-3-6-14(20)12(11)10-21/h1-7H,8-10,20H2. The van der Waals surface area contributed by atoms with Gasteiger partial charge in [0.2, 0.25) is 0 Å². The Morgan fingerprint density at radius 1 is 1.00 bits per heavy atom. The van der Waals surface area contributed by atoms with E-state index in [9.17, 15) is 13.2 Å². The van der Waals surface area contributed by atoms with Gasteiger partial charge in [0.15, 0.2) is 0 Å². The summed E-state index contributed by atoms with van der Waals surface area (Å²) in [5.74, 6) is 0. The molecule has 0 atom stereocenters. The maximum atomic E-state index is 13.1. The number of rotatable bonds is 1. The highest BCUT2D eigenvalue weighted by atomic mass is 19.4. The molecule has 0 unspecified atom stereocenters. The predicted molar refractivity (Wildman–Crippen MR) is 77.1 cm³/mol. The largest absolute Gasteiger partial charge is 0.418 e. The Hall–Kier alpha value is -2.17. The molecule has 0 saturated carbocycles. The van der Waals surface area contributed by atoms with Crippen LogP contribution in [0.15, 0.2) is 42.5 Å². The molecular formula is C16H15F3N2. The van der Waals surface area contributed by atoms with Crippen LogP contribution < -0.4 is 10.6 Å². The van der Waals surface area contributed by atoms with Crippen molar-refractivity contribution in [2.45, 2.75) is 19.1 Å². The smallest absolute Gasteiger partial charge is 0.398 e. The molecule has 0 spiro atoms. The molecule has 1 aliphatic heterocycles. The van der Waals surface area contributed by atoms with E-state index in [1.807, 2.05) is 12.1 Å². The summed E-state index contributed by atoms with van der Waals surface area (Å²) in [5.41, 5.74) is 8.28. The van der Waals surface area contributed by atoms with Gasteiger partial charge in [0, 0.05) is 24.5 Å². The fourth-order valence-corrected chi connectivity index (χ4v) is 2.80. The van der Waals surface area contributed by atoms with Gasteiger partial charge >= 0.3 is 6.18 Å². The number of benzene rings is 2. The fraction of sp³-hybridized carbons (Fsp3) is 0.250. The lowest BCUT2D eigenvalue weighted by Gasteiger charge is -2.33. The van der Waals surface area contributed by atoms with Crippen molar-refractivity contribution in [2.24, 2.45) is 0 Å². The first-order chi connectivity index (χ1) is 9.97. The van der Waals surface area contributed by atoms with Crippen LogP contribution in [0, 0.1) is 0 Å². The Morgan fingerprint density at radius 2 is 1.76 bits per heavy atom. The number of hydrogen-bond acceptors (Lipinski definition) is 2. The second-order valence-electron chi connectivity index (χ2n) is 5.17. The van der Waals surface area contributed by atoms with Gasteiger partial charge in [0.1, 0.15) is 0 Å². The van der Waals surface area contributed by atoms with Crippen molar-refractivity contribution < 1.29 is 13.2 Å². The van der Waals surface area contributed by atoms with Gasteiger partial charge in [-0.3, -0.25) is 0 Å². The van der Waals surface area contributed by atoms with E-state index in [0.717, 1.165) is 17.2 Å². The lowest BCUT2D eigenvalue weighted by molar-refractivity contribution is -0.137. The molecule has 110 valence electrons. The lowest BCUT2D eigenvalue weighted by atomic mass is 9.97. The molecular weight excluding hydrogens is 277 g/mol. The summed E-state index contributed by atoms with van der Waals surface area (Å²) in [5, 5.41) is 0. The summed E-state index contributed by atoms with van der Waals surface area (Å²) in [4.78, 5) is 1.75. The van der Waals surface area contributed by atoms with Gasteiger partial charge in [0.25, 0.3) is 0 Å². The Morgan fingerprint density at radius 3 is 2.52 bits per heavy atom. The Kier molecular flexibility index (Phi) is 3.27. The van der Waals surface area contributed by atoms with Gasteiger partial charge in [-0.05, 0) is 35.7 Å². The molecule has 2 aromatic carbocycles. The van der Waals surface area contributed by atoms with E-state index in [4.69, 9.17) is 5.73 Å². The van der Waals surface area contributed by atoms with E-state index in [2.05, 4.69) is 0 Å². The van der Waals surface area contributed by atoms with E-state index in [0.29, 0.717) is 25.2 Å². The van der Waals surface area contributed by atoms with Crippen molar-refractivity contribution in [2.75, 3.05) is 17.2 Å². The number of nitrogen functional groups attached to an aromatic ring is 1. The van der Waals surface area contributed by atoms with E-state index < -0.39 is 11.7 Å². The molecule has 0 amide bonds. The minimum Gasteiger partial charge on any atom is -0.398 e. The Labute approximate surface area is 121 Å². The van der Waals surface area contributed by atoms with E-state index >= 15 is 0 Å². The number of hydrogen-bond donors (Lipinski definition) is 1. The fourth-order valence-electron chi connectivity index (χ4n) is 2.80. The highest BCUT2D eigenvalue weighted by molar-refractivity contribution is 5.60. The Balaban J connectivity index is 1.99. The monoisotopic (exact) mass is 292 g/mol. The molecule has 2 nitrogen and oxygen atoms in total. The normalized spacial score (nSPS) is 14.9. The molecule has 3 rings (SSSR count). The van der Waals surface area contributed by atoms with Gasteiger partial charge in [-0.1, -0.05) is 24.3 Å². The minimum absolute atomic E-state index is 0.221. The van der Waals surface area contributed by atoms with Crippen molar-refractivity contribution in [1.82, 2.24) is 0 Å². The van der Waals surface area contributed by atoms with Crippen molar-refractivity contribution in [3.63, 3.8) is 0 Å². The maximum absolute atomic E-state index is 13.1. The highest BCUT2D eigenvalue weighted by Gasteiger charge is 2.35. The molecule has 2 aromatic rings. The zero-order valence-corrected chi connectivity index (χ0v) is 11.3. The third-order valence-corrected chi connectivity index (χ3v) is 3.86. The summed E-state index contributed by atoms with van der Waals surface area (Å²) in [7, 11) is 0. The first kappa shape index (κ1) is 13.8. The van der Waals surface area contributed by atoms with Crippen LogP contribution in [-0.2, 0) is 19.1 Å². The molecule has 0 saturated heterocycles. The van der Waals surface area contributed by atoms with Crippen LogP contribution in [0.4, 0.5) is 24.5 Å². The van der Waals surface area contributed by atoms with Gasteiger partial charge in [-0.15, -0.1) is 0 Å². The first-order valence-electron chi connectivity index (χ1n) is 6.74. The van der Waals surface area contributed by atoms with Crippen LogP contribution in [-0.4, -0.2) is 6.54 Å². The van der Waals surface area contributed by atoms with Crippen LogP contribution in [0.2, 0.25) is 0 Å². The minimum atomic E-state index is -4.35. The highest BCUT2D eigenvalue weighted by Crippen LogP contribution is 2.38. The predicted octanol–water partition coefficient (Wildman–Crippen LogP) is 3.85. The molecule has 0 aliphatic carbocycles. The topological polar surface area (TPSA) is 29.3 Å². The summed E-state index contributed by atoms with van der Waals surface area (Å²) in [6.07, 6.45) is -3.65. The maximum Gasteiger partial charge on any atom is 0.418 e. The molecule has 1 aliphatic rings. The van der Waals surface area contributed by atoms with Crippen molar-refractivity contribution in [1.29, 1.82) is 0 Å². The SMILES string of the molecule is Nc1cccc2c1CN(c1ccccc1C(F)(F)F)CC2. The molecule has 0 fully saturated rings. The number of halogens is 3. The van der Waals surface area contributed by atoms with E-state index in [-0.39, 0.29) is 5.69 Å². The molecule has 2 N–H and O–H groups in total. The number of anilines is 2. The summed E-state index contributed by atoms with van der Waals surface area (Å²) in [6, 6.07) is 11.4. The van der Waals surface area contributed by atoms with E-state index in [1.165, 1.54) is 12.1 Å². The van der Waals surface area contributed by atoms with Crippen LogP contribution in [0.5, 0.6) is 0 Å².